The predicted octanol–water partition coefficient (Wildman–Crippen LogP) is 4.04. The summed E-state index contributed by atoms with van der Waals surface area (Å²) in [6, 6.07) is 11.3. The molecule has 5 heteroatoms. The Kier molecular flexibility index (Phi) is 4.50. The highest BCUT2D eigenvalue weighted by molar-refractivity contribution is 7.21. The molecule has 0 radical (unpaired) electrons. The smallest absolute Gasteiger partial charge is 0.261 e. The van der Waals surface area contributed by atoms with E-state index in [1.54, 1.807) is 12.1 Å². The molecule has 4 nitrogen and oxygen atoms in total. The van der Waals surface area contributed by atoms with E-state index in [-0.39, 0.29) is 11.9 Å². The van der Waals surface area contributed by atoms with E-state index < -0.39 is 6.10 Å². The van der Waals surface area contributed by atoms with Gasteiger partial charge in [-0.15, -0.1) is 11.3 Å². The third-order valence-corrected chi connectivity index (χ3v) is 5.15. The van der Waals surface area contributed by atoms with Crippen molar-refractivity contribution in [3.63, 3.8) is 0 Å². The number of benzene rings is 1. The first-order valence-corrected chi connectivity index (χ1v) is 8.38. The monoisotopic (exact) mass is 329 g/mol. The highest BCUT2D eigenvalue weighted by Crippen LogP contribution is 2.30. The highest BCUT2D eigenvalue weighted by atomic mass is 32.1. The van der Waals surface area contributed by atoms with Crippen LogP contribution in [0.3, 0.4) is 0 Å². The lowest BCUT2D eigenvalue weighted by Gasteiger charge is -2.16. The quantitative estimate of drug-likeness (QED) is 0.742. The zero-order valence-corrected chi connectivity index (χ0v) is 13.9. The minimum Gasteiger partial charge on any atom is -0.467 e. The van der Waals surface area contributed by atoms with Crippen molar-refractivity contribution in [2.45, 2.75) is 32.4 Å². The molecule has 0 saturated carbocycles. The van der Waals surface area contributed by atoms with Gasteiger partial charge in [-0.05, 0) is 43.0 Å². The number of aliphatic hydroxyl groups is 1. The molecule has 0 aliphatic heterocycles. The molecular formula is C18H19NO3S. The Bertz CT molecular complexity index is 807. The molecule has 0 aliphatic carbocycles. The average Bonchev–Trinajstić information content (AvgIpc) is 3.16. The summed E-state index contributed by atoms with van der Waals surface area (Å²) in [6.45, 7) is 3.85. The van der Waals surface area contributed by atoms with Gasteiger partial charge in [-0.3, -0.25) is 4.79 Å². The summed E-state index contributed by atoms with van der Waals surface area (Å²) in [6.07, 6.45) is 1.22. The van der Waals surface area contributed by atoms with Crippen LogP contribution in [0.25, 0.3) is 10.1 Å². The molecule has 0 unspecified atom stereocenters. The molecule has 1 aromatic carbocycles. The lowest BCUT2D eigenvalue weighted by atomic mass is 10.1. The lowest BCUT2D eigenvalue weighted by Crippen LogP contribution is -2.33. The van der Waals surface area contributed by atoms with Crippen molar-refractivity contribution in [1.29, 1.82) is 0 Å². The van der Waals surface area contributed by atoms with Crippen LogP contribution in [0.2, 0.25) is 0 Å². The van der Waals surface area contributed by atoms with E-state index >= 15 is 0 Å². The second kappa shape index (κ2) is 6.56. The van der Waals surface area contributed by atoms with Crippen LogP contribution < -0.4 is 5.32 Å². The fraction of sp³-hybridized carbons (Fsp3) is 0.278. The first kappa shape index (κ1) is 15.8. The van der Waals surface area contributed by atoms with Crippen molar-refractivity contribution in [3.05, 3.63) is 58.9 Å². The number of amides is 1. The highest BCUT2D eigenvalue weighted by Gasteiger charge is 2.20. The Labute approximate surface area is 138 Å². The summed E-state index contributed by atoms with van der Waals surface area (Å²) in [4.78, 5) is 13.2. The Morgan fingerprint density at radius 3 is 2.78 bits per heavy atom. The summed E-state index contributed by atoms with van der Waals surface area (Å²) in [7, 11) is 0. The van der Waals surface area contributed by atoms with Crippen molar-refractivity contribution < 1.29 is 14.3 Å². The second-order valence-corrected chi connectivity index (χ2v) is 6.75. The maximum atomic E-state index is 12.5. The van der Waals surface area contributed by atoms with E-state index in [0.717, 1.165) is 20.5 Å². The van der Waals surface area contributed by atoms with Crippen LogP contribution in [0.1, 0.15) is 40.4 Å². The largest absolute Gasteiger partial charge is 0.467 e. The van der Waals surface area contributed by atoms with E-state index in [2.05, 4.69) is 5.32 Å². The maximum absolute atomic E-state index is 12.5. The van der Waals surface area contributed by atoms with E-state index in [0.29, 0.717) is 12.2 Å². The Morgan fingerprint density at radius 1 is 1.30 bits per heavy atom. The minimum atomic E-state index is -0.719. The van der Waals surface area contributed by atoms with Gasteiger partial charge in [-0.2, -0.15) is 0 Å². The van der Waals surface area contributed by atoms with Crippen molar-refractivity contribution in [2.24, 2.45) is 0 Å². The number of thiophene rings is 1. The van der Waals surface area contributed by atoms with E-state index in [4.69, 9.17) is 4.42 Å². The van der Waals surface area contributed by atoms with Crippen molar-refractivity contribution >= 4 is 27.3 Å². The Morgan fingerprint density at radius 2 is 2.09 bits per heavy atom. The summed E-state index contributed by atoms with van der Waals surface area (Å²) >= 11 is 1.50. The number of aryl methyl sites for hydroxylation is 1. The molecule has 3 rings (SSSR count). The van der Waals surface area contributed by atoms with Gasteiger partial charge in [0.05, 0.1) is 11.1 Å². The van der Waals surface area contributed by atoms with Gasteiger partial charge in [-0.1, -0.05) is 18.2 Å². The molecule has 1 amide bonds. The Balaban J connectivity index is 1.69. The normalized spacial score (nSPS) is 13.9. The second-order valence-electron chi connectivity index (χ2n) is 5.69. The number of fused-ring (bicyclic) bond motifs is 1. The van der Waals surface area contributed by atoms with Gasteiger partial charge in [-0.25, -0.2) is 0 Å². The molecule has 23 heavy (non-hydrogen) atoms. The molecule has 2 atom stereocenters. The first-order chi connectivity index (χ1) is 11.1. The number of hydrogen-bond acceptors (Lipinski definition) is 4. The molecule has 2 heterocycles. The van der Waals surface area contributed by atoms with Crippen molar-refractivity contribution in [2.75, 3.05) is 0 Å². The van der Waals surface area contributed by atoms with E-state index in [9.17, 15) is 9.90 Å². The van der Waals surface area contributed by atoms with Gasteiger partial charge < -0.3 is 14.8 Å². The lowest BCUT2D eigenvalue weighted by molar-refractivity contribution is 0.0906. The fourth-order valence-corrected chi connectivity index (χ4v) is 3.78. The van der Waals surface area contributed by atoms with Gasteiger partial charge in [0, 0.05) is 17.2 Å². The number of aliphatic hydroxyl groups excluding tert-OH is 1. The number of carbonyl (C=O) groups excluding carboxylic acids is 1. The fourth-order valence-electron chi connectivity index (χ4n) is 2.67. The molecule has 0 fully saturated rings. The summed E-state index contributed by atoms with van der Waals surface area (Å²) in [5, 5.41) is 14.2. The Hall–Kier alpha value is -2.11. The average molecular weight is 329 g/mol. The summed E-state index contributed by atoms with van der Waals surface area (Å²) < 4.78 is 6.29. The topological polar surface area (TPSA) is 62.5 Å². The van der Waals surface area contributed by atoms with Gasteiger partial charge in [0.2, 0.25) is 0 Å². The zero-order chi connectivity index (χ0) is 16.4. The van der Waals surface area contributed by atoms with Crippen LogP contribution in [0.15, 0.2) is 47.1 Å². The SMILES string of the molecule is Cc1c(C(=O)N[C@H](C)C[C@H](O)c2ccco2)sc2ccccc12. The number of nitrogens with one attached hydrogen (secondary N) is 1. The van der Waals surface area contributed by atoms with Gasteiger partial charge in [0.25, 0.3) is 5.91 Å². The number of carbonyl (C=O) groups is 1. The molecule has 0 spiro atoms. The summed E-state index contributed by atoms with van der Waals surface area (Å²) in [5.41, 5.74) is 1.00. The predicted molar refractivity (Wildman–Crippen MR) is 91.8 cm³/mol. The van der Waals surface area contributed by atoms with Crippen LogP contribution in [-0.2, 0) is 0 Å². The number of rotatable bonds is 5. The maximum Gasteiger partial charge on any atom is 0.261 e. The van der Waals surface area contributed by atoms with Crippen LogP contribution in [0, 0.1) is 6.92 Å². The standard InChI is InChI=1S/C18H19NO3S/c1-11(10-14(20)15-7-5-9-22-15)19-18(21)17-12(2)13-6-3-4-8-16(13)23-17/h3-9,11,14,20H,10H2,1-2H3,(H,19,21)/t11-,14+/m1/s1. The van der Waals surface area contributed by atoms with Crippen molar-refractivity contribution in [1.82, 2.24) is 5.32 Å². The first-order valence-electron chi connectivity index (χ1n) is 7.56. The van der Waals surface area contributed by atoms with Crippen molar-refractivity contribution in [3.8, 4) is 0 Å². The molecule has 120 valence electrons. The third kappa shape index (κ3) is 3.30. The van der Waals surface area contributed by atoms with Crippen LogP contribution in [0.4, 0.5) is 0 Å². The van der Waals surface area contributed by atoms with Crippen LogP contribution >= 0.6 is 11.3 Å². The number of hydrogen-bond donors (Lipinski definition) is 2. The zero-order valence-electron chi connectivity index (χ0n) is 13.1. The molecule has 2 aromatic heterocycles. The summed E-state index contributed by atoms with van der Waals surface area (Å²) in [5.74, 6) is 0.423. The molecule has 0 aliphatic rings. The molecular weight excluding hydrogens is 310 g/mol. The van der Waals surface area contributed by atoms with Gasteiger partial charge >= 0.3 is 0 Å². The van der Waals surface area contributed by atoms with Gasteiger partial charge in [0.15, 0.2) is 0 Å². The molecule has 0 bridgehead atoms. The van der Waals surface area contributed by atoms with Gasteiger partial charge in [0.1, 0.15) is 11.9 Å². The minimum absolute atomic E-state index is 0.0946. The van der Waals surface area contributed by atoms with Crippen LogP contribution in [-0.4, -0.2) is 17.1 Å². The molecule has 0 saturated heterocycles. The number of furan rings is 1. The van der Waals surface area contributed by atoms with E-state index in [1.807, 2.05) is 38.1 Å². The van der Waals surface area contributed by atoms with Crippen LogP contribution in [0.5, 0.6) is 0 Å². The third-order valence-electron chi connectivity index (χ3n) is 3.88. The molecule has 3 aromatic rings. The van der Waals surface area contributed by atoms with E-state index in [1.165, 1.54) is 17.6 Å². The molecule has 2 N–H and O–H groups in total.